The molecule has 6 rings (SSSR count). The third-order valence-electron chi connectivity index (χ3n) is 7.67. The SMILES string of the molecule is C[C@]12C(=O)N(c3ccccc3C(=O)NCCN3CCOCC3)C(=O)N1CCc1c2[nH]c2ccccc12. The van der Waals surface area contributed by atoms with Gasteiger partial charge in [-0.15, -0.1) is 0 Å². The molecule has 2 saturated heterocycles. The second-order valence-corrected chi connectivity index (χ2v) is 9.65. The summed E-state index contributed by atoms with van der Waals surface area (Å²) in [6, 6.07) is 14.4. The zero-order valence-corrected chi connectivity index (χ0v) is 20.3. The largest absolute Gasteiger partial charge is 0.379 e. The van der Waals surface area contributed by atoms with Gasteiger partial charge in [0.15, 0.2) is 5.54 Å². The number of aromatic amines is 1. The Bertz CT molecular complexity index is 1360. The minimum atomic E-state index is -1.16. The normalized spacial score (nSPS) is 22.1. The van der Waals surface area contributed by atoms with Crippen molar-refractivity contribution in [2.75, 3.05) is 50.8 Å². The molecule has 0 radical (unpaired) electrons. The van der Waals surface area contributed by atoms with E-state index in [4.69, 9.17) is 4.74 Å². The van der Waals surface area contributed by atoms with Gasteiger partial charge in [0.25, 0.3) is 11.8 Å². The number of ether oxygens (including phenoxy) is 1. The number of imide groups is 1. The number of para-hydroxylation sites is 2. The fourth-order valence-electron chi connectivity index (χ4n) is 5.71. The molecule has 4 heterocycles. The first kappa shape index (κ1) is 22.8. The molecule has 3 aliphatic rings. The number of rotatable bonds is 5. The van der Waals surface area contributed by atoms with Gasteiger partial charge in [-0.1, -0.05) is 30.3 Å². The molecule has 1 atom stereocenters. The number of urea groups is 1. The second kappa shape index (κ2) is 8.76. The van der Waals surface area contributed by atoms with Gasteiger partial charge in [-0.3, -0.25) is 14.5 Å². The van der Waals surface area contributed by atoms with Gasteiger partial charge < -0.3 is 19.9 Å². The van der Waals surface area contributed by atoms with Crippen LogP contribution in [0.4, 0.5) is 10.5 Å². The number of fused-ring (bicyclic) bond motifs is 5. The van der Waals surface area contributed by atoms with Gasteiger partial charge in [0.1, 0.15) is 0 Å². The zero-order valence-electron chi connectivity index (χ0n) is 20.3. The molecule has 1 aromatic heterocycles. The van der Waals surface area contributed by atoms with Crippen molar-refractivity contribution in [1.29, 1.82) is 0 Å². The van der Waals surface area contributed by atoms with Crippen molar-refractivity contribution < 1.29 is 19.1 Å². The van der Waals surface area contributed by atoms with Crippen molar-refractivity contribution in [3.8, 4) is 0 Å². The van der Waals surface area contributed by atoms with E-state index in [-0.39, 0.29) is 11.8 Å². The minimum Gasteiger partial charge on any atom is -0.379 e. The van der Waals surface area contributed by atoms with E-state index in [2.05, 4.69) is 15.2 Å². The van der Waals surface area contributed by atoms with Crippen molar-refractivity contribution in [3.05, 3.63) is 65.4 Å². The van der Waals surface area contributed by atoms with Crippen molar-refractivity contribution in [2.45, 2.75) is 18.9 Å². The molecular weight excluding hydrogens is 458 g/mol. The monoisotopic (exact) mass is 487 g/mol. The van der Waals surface area contributed by atoms with Crippen LogP contribution in [0.25, 0.3) is 10.9 Å². The average molecular weight is 488 g/mol. The fraction of sp³-hybridized carbons (Fsp3) is 0.370. The van der Waals surface area contributed by atoms with Gasteiger partial charge in [0.05, 0.1) is 30.2 Å². The molecule has 3 aliphatic heterocycles. The summed E-state index contributed by atoms with van der Waals surface area (Å²) in [5, 5.41) is 4.03. The molecule has 2 fully saturated rings. The lowest BCUT2D eigenvalue weighted by atomic mass is 9.87. The Morgan fingerprint density at radius 3 is 2.64 bits per heavy atom. The molecule has 0 spiro atoms. The highest BCUT2D eigenvalue weighted by molar-refractivity contribution is 6.25. The molecule has 9 heteroatoms. The van der Waals surface area contributed by atoms with Crippen molar-refractivity contribution >= 4 is 34.4 Å². The number of nitrogens with one attached hydrogen (secondary N) is 2. The maximum atomic E-state index is 14.0. The molecule has 2 aromatic carbocycles. The molecule has 36 heavy (non-hydrogen) atoms. The van der Waals surface area contributed by atoms with Gasteiger partial charge >= 0.3 is 6.03 Å². The summed E-state index contributed by atoms with van der Waals surface area (Å²) in [6.07, 6.45) is 0.658. The first-order valence-corrected chi connectivity index (χ1v) is 12.4. The van der Waals surface area contributed by atoms with E-state index in [0.717, 1.165) is 35.2 Å². The number of hydrogen-bond acceptors (Lipinski definition) is 5. The first-order chi connectivity index (χ1) is 17.5. The Balaban J connectivity index is 1.29. The lowest BCUT2D eigenvalue weighted by molar-refractivity contribution is -0.125. The molecule has 2 N–H and O–H groups in total. The van der Waals surface area contributed by atoms with Crippen LogP contribution in [0.3, 0.4) is 0 Å². The zero-order chi connectivity index (χ0) is 24.9. The summed E-state index contributed by atoms with van der Waals surface area (Å²) in [5.74, 6) is -0.658. The maximum absolute atomic E-state index is 14.0. The summed E-state index contributed by atoms with van der Waals surface area (Å²) in [6.45, 7) is 6.49. The van der Waals surface area contributed by atoms with E-state index in [9.17, 15) is 14.4 Å². The van der Waals surface area contributed by atoms with Crippen molar-refractivity contribution in [3.63, 3.8) is 0 Å². The molecule has 0 saturated carbocycles. The molecule has 186 valence electrons. The van der Waals surface area contributed by atoms with Crippen LogP contribution in [-0.2, 0) is 21.5 Å². The van der Waals surface area contributed by atoms with Crippen LogP contribution >= 0.6 is 0 Å². The second-order valence-electron chi connectivity index (χ2n) is 9.65. The highest BCUT2D eigenvalue weighted by Gasteiger charge is 2.59. The topological polar surface area (TPSA) is 98.0 Å². The number of aromatic nitrogens is 1. The Labute approximate surface area is 209 Å². The van der Waals surface area contributed by atoms with E-state index in [1.54, 1.807) is 36.1 Å². The third kappa shape index (κ3) is 3.42. The number of carbonyl (C=O) groups excluding carboxylic acids is 3. The van der Waals surface area contributed by atoms with E-state index in [1.807, 2.05) is 24.3 Å². The van der Waals surface area contributed by atoms with Gasteiger partial charge in [0, 0.05) is 43.6 Å². The molecule has 0 unspecified atom stereocenters. The van der Waals surface area contributed by atoms with Gasteiger partial charge in [-0.2, -0.15) is 0 Å². The van der Waals surface area contributed by atoms with Gasteiger partial charge in [0.2, 0.25) is 0 Å². The summed E-state index contributed by atoms with van der Waals surface area (Å²) in [7, 11) is 0. The summed E-state index contributed by atoms with van der Waals surface area (Å²) in [4.78, 5) is 49.3. The number of anilines is 1. The highest BCUT2D eigenvalue weighted by Crippen LogP contribution is 2.45. The lowest BCUT2D eigenvalue weighted by Gasteiger charge is -2.35. The molecule has 0 bridgehead atoms. The molecular formula is C27H29N5O4. The fourth-order valence-corrected chi connectivity index (χ4v) is 5.71. The van der Waals surface area contributed by atoms with Crippen LogP contribution in [-0.4, -0.2) is 78.6 Å². The van der Waals surface area contributed by atoms with E-state index < -0.39 is 11.6 Å². The minimum absolute atomic E-state index is 0.305. The van der Waals surface area contributed by atoms with Crippen LogP contribution < -0.4 is 10.2 Å². The number of amides is 4. The standard InChI is InChI=1S/C27H29N5O4/c1-27-23-19(18-6-2-4-8-21(18)29-23)10-12-31(27)26(35)32(25(27)34)22-9-5-3-7-20(22)24(33)28-11-13-30-14-16-36-17-15-30/h2-9,29H,10-17H2,1H3,(H,28,33)/t27-/m0/s1. The van der Waals surface area contributed by atoms with E-state index >= 15 is 0 Å². The third-order valence-corrected chi connectivity index (χ3v) is 7.67. The van der Waals surface area contributed by atoms with Crippen LogP contribution in [0.2, 0.25) is 0 Å². The molecule has 3 aromatic rings. The van der Waals surface area contributed by atoms with E-state index in [1.165, 1.54) is 4.90 Å². The summed E-state index contributed by atoms with van der Waals surface area (Å²) in [5.41, 5.74) is 2.23. The number of morpholine rings is 1. The van der Waals surface area contributed by atoms with Crippen LogP contribution in [0.1, 0.15) is 28.5 Å². The van der Waals surface area contributed by atoms with Crippen molar-refractivity contribution in [2.24, 2.45) is 0 Å². The van der Waals surface area contributed by atoms with E-state index in [0.29, 0.717) is 50.5 Å². The lowest BCUT2D eigenvalue weighted by Crippen LogP contribution is -2.49. The number of hydrogen-bond donors (Lipinski definition) is 2. The Hall–Kier alpha value is -3.69. The maximum Gasteiger partial charge on any atom is 0.332 e. The number of nitrogens with zero attached hydrogens (tertiary/aromatic N) is 3. The number of H-pyrrole nitrogens is 1. The molecule has 9 nitrogen and oxygen atoms in total. The average Bonchev–Trinajstić information content (AvgIpc) is 3.38. The smallest absolute Gasteiger partial charge is 0.332 e. The molecule has 4 amide bonds. The van der Waals surface area contributed by atoms with Crippen LogP contribution in [0.5, 0.6) is 0 Å². The van der Waals surface area contributed by atoms with Crippen LogP contribution in [0, 0.1) is 0 Å². The Morgan fingerprint density at radius 1 is 1.06 bits per heavy atom. The van der Waals surface area contributed by atoms with Gasteiger partial charge in [-0.05, 0) is 37.1 Å². The number of benzene rings is 2. The van der Waals surface area contributed by atoms with Gasteiger partial charge in [-0.25, -0.2) is 9.69 Å². The number of carbonyl (C=O) groups is 3. The quantitative estimate of drug-likeness (QED) is 0.539. The van der Waals surface area contributed by atoms with Crippen LogP contribution in [0.15, 0.2) is 48.5 Å². The molecule has 0 aliphatic carbocycles. The highest BCUT2D eigenvalue weighted by atomic mass is 16.5. The first-order valence-electron chi connectivity index (χ1n) is 12.4. The Kier molecular flexibility index (Phi) is 5.54. The summed E-state index contributed by atoms with van der Waals surface area (Å²) >= 11 is 0. The predicted octanol–water partition coefficient (Wildman–Crippen LogP) is 2.47. The van der Waals surface area contributed by atoms with Crippen molar-refractivity contribution in [1.82, 2.24) is 20.1 Å². The summed E-state index contributed by atoms with van der Waals surface area (Å²) < 4.78 is 5.37. The predicted molar refractivity (Wildman–Crippen MR) is 135 cm³/mol. The Morgan fingerprint density at radius 2 is 1.81 bits per heavy atom.